The van der Waals surface area contributed by atoms with Crippen LogP contribution in [-0.4, -0.2) is 69.8 Å². The van der Waals surface area contributed by atoms with E-state index < -0.39 is 17.6 Å². The number of rotatable bonds is 8. The number of hydrogen-bond donors (Lipinski definition) is 0. The van der Waals surface area contributed by atoms with Gasteiger partial charge in [0.25, 0.3) is 0 Å². The van der Waals surface area contributed by atoms with Gasteiger partial charge in [-0.3, -0.25) is 0 Å². The maximum absolute atomic E-state index is 4.96. The Hall–Kier alpha value is -0.109. The Balaban J connectivity index is -0.000000260. The summed E-state index contributed by atoms with van der Waals surface area (Å²) in [6, 6.07) is 0. The molecule has 0 rings (SSSR count). The van der Waals surface area contributed by atoms with Crippen LogP contribution in [0.1, 0.15) is 0 Å². The van der Waals surface area contributed by atoms with E-state index in [9.17, 15) is 0 Å². The van der Waals surface area contributed by atoms with Gasteiger partial charge in [0.15, 0.2) is 0 Å². The third-order valence-electron chi connectivity index (χ3n) is 2.21. The summed E-state index contributed by atoms with van der Waals surface area (Å²) in [6.45, 7) is 11.6. The van der Waals surface area contributed by atoms with E-state index in [1.807, 2.05) is 0 Å². The molecule has 0 amide bonds. The molecule has 0 saturated heterocycles. The fourth-order valence-electron chi connectivity index (χ4n) is 1.00. The highest BCUT2D eigenvalue weighted by Gasteiger charge is 2.33. The van der Waals surface area contributed by atoms with E-state index in [1.54, 1.807) is 54.1 Å². The van der Waals surface area contributed by atoms with Crippen molar-refractivity contribution in [2.75, 3.05) is 42.7 Å². The largest absolute Gasteiger partial charge is 0.528 e. The molecule has 0 bridgehead atoms. The van der Waals surface area contributed by atoms with Crippen LogP contribution < -0.4 is 0 Å². The molecule has 6 nitrogen and oxygen atoms in total. The normalized spacial score (nSPS) is 10.7. The third-order valence-corrected chi connectivity index (χ3v) is 6.62. The average molecular weight is 357 g/mol. The quantitative estimate of drug-likeness (QED) is 0.613. The first-order valence-electron chi connectivity index (χ1n) is 6.48. The molecule has 9 heteroatoms. The van der Waals surface area contributed by atoms with E-state index in [0.29, 0.717) is 9.52 Å². The summed E-state index contributed by atoms with van der Waals surface area (Å²) in [6.07, 6.45) is 0. The fraction of sp³-hybridized carbons (Fsp3) is 0.667. The van der Waals surface area contributed by atoms with Crippen LogP contribution in [0.4, 0.5) is 0 Å². The minimum Gasteiger partial charge on any atom is -0.374 e. The summed E-state index contributed by atoms with van der Waals surface area (Å²) in [4.78, 5) is 0. The first-order valence-corrected chi connectivity index (χ1v) is 12.9. The lowest BCUT2D eigenvalue weighted by atomic mass is 11.3. The van der Waals surface area contributed by atoms with Crippen molar-refractivity contribution >= 4 is 27.1 Å². The van der Waals surface area contributed by atoms with Gasteiger partial charge in [-0.15, -0.1) is 0 Å². The Morgan fingerprint density at radius 3 is 0.762 bits per heavy atom. The molecule has 0 aromatic carbocycles. The second-order valence-corrected chi connectivity index (χ2v) is 10.6. The monoisotopic (exact) mass is 356 g/mol. The van der Waals surface area contributed by atoms with Gasteiger partial charge < -0.3 is 26.6 Å². The van der Waals surface area contributed by atoms with Gasteiger partial charge in [0.1, 0.15) is 0 Å². The molecule has 0 heterocycles. The van der Waals surface area contributed by atoms with Crippen LogP contribution in [0.2, 0.25) is 13.1 Å². The van der Waals surface area contributed by atoms with Crippen molar-refractivity contribution in [1.82, 2.24) is 0 Å². The minimum atomic E-state index is -2.43. The summed E-state index contributed by atoms with van der Waals surface area (Å²) in [5.74, 6) is 0. The van der Waals surface area contributed by atoms with Gasteiger partial charge in [0.2, 0.25) is 0 Å². The highest BCUT2D eigenvalue weighted by molar-refractivity contribution is 6.66. The van der Waals surface area contributed by atoms with Gasteiger partial charge in [-0.2, -0.15) is 0 Å². The molecule has 0 aliphatic rings. The molecule has 0 fully saturated rings. The molecule has 0 atom stereocenters. The molecule has 0 aliphatic heterocycles. The predicted molar refractivity (Wildman–Crippen MR) is 94.2 cm³/mol. The van der Waals surface area contributed by atoms with E-state index in [4.69, 9.17) is 26.6 Å². The Morgan fingerprint density at radius 1 is 0.619 bits per heavy atom. The van der Waals surface area contributed by atoms with Crippen LogP contribution in [0, 0.1) is 0 Å². The Kier molecular flexibility index (Phi) is 20.0. The lowest BCUT2D eigenvalue weighted by Crippen LogP contribution is -2.40. The predicted octanol–water partition coefficient (Wildman–Crippen LogP) is 1.43. The highest BCUT2D eigenvalue weighted by atomic mass is 28.4. The van der Waals surface area contributed by atoms with Crippen molar-refractivity contribution in [3.8, 4) is 0 Å². The van der Waals surface area contributed by atoms with E-state index in [1.165, 1.54) is 0 Å². The molecule has 0 saturated carbocycles. The molecule has 0 aliphatic carbocycles. The zero-order chi connectivity index (χ0) is 17.4. The minimum absolute atomic E-state index is 0.417. The SMILES string of the molecule is C=C[Si](OC)(OC)OC.C=C[Si](OC)(OC)OC.C[SiH2]C. The second-order valence-electron chi connectivity index (χ2n) is 3.55. The Bertz CT molecular complexity index is 205. The molecule has 128 valence electrons. The molecule has 0 radical (unpaired) electrons. The summed E-state index contributed by atoms with van der Waals surface area (Å²) in [7, 11) is 4.82. The molecule has 0 aromatic rings. The lowest BCUT2D eigenvalue weighted by Gasteiger charge is -2.19. The van der Waals surface area contributed by atoms with Crippen molar-refractivity contribution in [1.29, 1.82) is 0 Å². The first kappa shape index (κ1) is 25.8. The van der Waals surface area contributed by atoms with Crippen LogP contribution in [0.3, 0.4) is 0 Å². The number of hydrogen-bond acceptors (Lipinski definition) is 6. The van der Waals surface area contributed by atoms with Crippen molar-refractivity contribution in [2.45, 2.75) is 13.1 Å². The van der Waals surface area contributed by atoms with Gasteiger partial charge >= 0.3 is 17.6 Å². The zero-order valence-electron chi connectivity index (χ0n) is 14.7. The van der Waals surface area contributed by atoms with Crippen LogP contribution in [0.25, 0.3) is 0 Å². The molecule has 0 unspecified atom stereocenters. The maximum Gasteiger partial charge on any atom is 0.528 e. The molecule has 0 N–H and O–H groups in total. The van der Waals surface area contributed by atoms with Gasteiger partial charge in [-0.25, -0.2) is 0 Å². The zero-order valence-corrected chi connectivity index (χ0v) is 18.1. The fourth-order valence-corrected chi connectivity index (χ4v) is 3.00. The van der Waals surface area contributed by atoms with E-state index in [2.05, 4.69) is 26.3 Å². The van der Waals surface area contributed by atoms with Gasteiger partial charge in [-0.05, 0) is 11.4 Å². The van der Waals surface area contributed by atoms with Gasteiger partial charge in [-0.1, -0.05) is 26.3 Å². The van der Waals surface area contributed by atoms with Crippen LogP contribution in [0.5, 0.6) is 0 Å². The van der Waals surface area contributed by atoms with Crippen molar-refractivity contribution < 1.29 is 26.6 Å². The van der Waals surface area contributed by atoms with Crippen molar-refractivity contribution in [3.05, 3.63) is 24.6 Å². The second kappa shape index (κ2) is 16.3. The molecular weight excluding hydrogens is 324 g/mol. The molecular formula is C12H32O6Si3. The lowest BCUT2D eigenvalue weighted by molar-refractivity contribution is 0.138. The third kappa shape index (κ3) is 11.2. The molecule has 21 heavy (non-hydrogen) atoms. The molecule has 0 spiro atoms. The van der Waals surface area contributed by atoms with Crippen LogP contribution in [-0.2, 0) is 26.6 Å². The Labute approximate surface area is 134 Å². The summed E-state index contributed by atoms with van der Waals surface area (Å²) >= 11 is 0. The topological polar surface area (TPSA) is 55.4 Å². The van der Waals surface area contributed by atoms with Crippen molar-refractivity contribution in [3.63, 3.8) is 0 Å². The Morgan fingerprint density at radius 2 is 0.762 bits per heavy atom. The van der Waals surface area contributed by atoms with E-state index in [-0.39, 0.29) is 0 Å². The molecule has 0 aromatic heterocycles. The standard InChI is InChI=1S/2C5H12O3Si.C2H8Si/c2*1-5-9(6-2,7-3)8-4;1-3-2/h2*5H,1H2,2-4H3;3H2,1-2H3. The van der Waals surface area contributed by atoms with E-state index in [0.717, 1.165) is 0 Å². The summed E-state index contributed by atoms with van der Waals surface area (Å²) in [5, 5.41) is 0. The summed E-state index contributed by atoms with van der Waals surface area (Å²) < 4.78 is 29.8. The van der Waals surface area contributed by atoms with Crippen molar-refractivity contribution in [2.24, 2.45) is 0 Å². The first-order chi connectivity index (χ1) is 9.90. The van der Waals surface area contributed by atoms with E-state index >= 15 is 0 Å². The van der Waals surface area contributed by atoms with Gasteiger partial charge in [0.05, 0.1) is 0 Å². The van der Waals surface area contributed by atoms with Crippen LogP contribution in [0.15, 0.2) is 24.6 Å². The summed E-state index contributed by atoms with van der Waals surface area (Å²) in [5.41, 5.74) is 3.15. The highest BCUT2D eigenvalue weighted by Crippen LogP contribution is 2.05. The van der Waals surface area contributed by atoms with Crippen LogP contribution >= 0.6 is 0 Å². The maximum atomic E-state index is 4.96. The average Bonchev–Trinajstić information content (AvgIpc) is 2.54. The van der Waals surface area contributed by atoms with Gasteiger partial charge in [0, 0.05) is 52.2 Å². The smallest absolute Gasteiger partial charge is 0.374 e.